The van der Waals surface area contributed by atoms with Gasteiger partial charge in [0.05, 0.1) is 22.4 Å². The highest BCUT2D eigenvalue weighted by Gasteiger charge is 2.22. The Labute approximate surface area is 219 Å². The third-order valence-electron chi connectivity index (χ3n) is 7.43. The van der Waals surface area contributed by atoms with Gasteiger partial charge in [-0.25, -0.2) is 4.98 Å². The zero-order chi connectivity index (χ0) is 25.1. The summed E-state index contributed by atoms with van der Waals surface area (Å²) in [5, 5.41) is 4.99. The number of pyridine rings is 2. The van der Waals surface area contributed by atoms with E-state index in [1.54, 1.807) is 0 Å². The van der Waals surface area contributed by atoms with Crippen molar-refractivity contribution >= 4 is 50.2 Å². The van der Waals surface area contributed by atoms with Crippen molar-refractivity contribution in [3.05, 3.63) is 133 Å². The summed E-state index contributed by atoms with van der Waals surface area (Å²) in [7, 11) is 0. The highest BCUT2D eigenvalue weighted by atomic mass is 15.2. The van der Waals surface area contributed by atoms with Crippen LogP contribution in [0.2, 0.25) is 0 Å². The predicted octanol–water partition coefficient (Wildman–Crippen LogP) is 8.52. The lowest BCUT2D eigenvalue weighted by Gasteiger charge is -2.26. The second-order valence-electron chi connectivity index (χ2n) is 9.56. The second kappa shape index (κ2) is 8.15. The topological polar surface area (TPSA) is 34.0 Å². The maximum Gasteiger partial charge on any atom is 0.137 e. The van der Waals surface area contributed by atoms with Crippen LogP contribution in [0.3, 0.4) is 0 Å². The number of aromatic nitrogens is 3. The van der Waals surface area contributed by atoms with Crippen LogP contribution in [0, 0.1) is 0 Å². The van der Waals surface area contributed by atoms with E-state index in [1.807, 2.05) is 30.6 Å². The molecule has 0 saturated heterocycles. The minimum atomic E-state index is 0.878. The molecular formula is C34H22N4. The van der Waals surface area contributed by atoms with Crippen LogP contribution in [0.15, 0.2) is 128 Å². The predicted molar refractivity (Wildman–Crippen MR) is 157 cm³/mol. The van der Waals surface area contributed by atoms with E-state index in [0.29, 0.717) is 0 Å². The van der Waals surface area contributed by atoms with Crippen molar-refractivity contribution in [3.8, 4) is 16.9 Å². The van der Waals surface area contributed by atoms with E-state index in [1.165, 1.54) is 38.1 Å². The van der Waals surface area contributed by atoms with Gasteiger partial charge in [-0.3, -0.25) is 4.98 Å². The van der Waals surface area contributed by atoms with Crippen molar-refractivity contribution in [1.82, 2.24) is 14.5 Å². The normalized spacial score (nSPS) is 12.6. The Morgan fingerprint density at radius 1 is 0.632 bits per heavy atom. The highest BCUT2D eigenvalue weighted by molar-refractivity contribution is 6.23. The summed E-state index contributed by atoms with van der Waals surface area (Å²) < 4.78 is 2.40. The molecule has 0 spiro atoms. The maximum atomic E-state index is 4.83. The lowest BCUT2D eigenvalue weighted by molar-refractivity contribution is 1.17. The number of fused-ring (bicyclic) bond motifs is 4. The molecule has 4 heteroatoms. The fourth-order valence-corrected chi connectivity index (χ4v) is 5.77. The Hall–Kier alpha value is -5.22. The molecule has 4 heterocycles. The minimum Gasteiger partial charge on any atom is -0.309 e. The van der Waals surface area contributed by atoms with Gasteiger partial charge in [-0.05, 0) is 66.2 Å². The zero-order valence-electron chi connectivity index (χ0n) is 20.5. The highest BCUT2D eigenvalue weighted by Crippen LogP contribution is 2.44. The molecule has 1 aliphatic rings. The van der Waals surface area contributed by atoms with Crippen LogP contribution in [0.25, 0.3) is 55.6 Å². The average molecular weight is 487 g/mol. The fourth-order valence-electron chi connectivity index (χ4n) is 5.77. The summed E-state index contributed by atoms with van der Waals surface area (Å²) in [6.07, 6.45) is 8.04. The van der Waals surface area contributed by atoms with E-state index < -0.39 is 0 Å². The molecule has 0 aliphatic carbocycles. The number of para-hydroxylation sites is 2. The van der Waals surface area contributed by atoms with Crippen molar-refractivity contribution in [2.45, 2.75) is 0 Å². The van der Waals surface area contributed by atoms with Crippen LogP contribution in [-0.2, 0) is 0 Å². The van der Waals surface area contributed by atoms with Gasteiger partial charge in [-0.15, -0.1) is 0 Å². The molecular weight excluding hydrogens is 464 g/mol. The standard InChI is InChI=1S/C34H22N4/c1-2-9-25(10-3-1)38-30-14-5-4-11-26(30)28-21-23-18-20-37(31-15-8-12-27(33(23)31)34(28)38)32-17-16-24(22-36-32)29-13-6-7-19-35-29/h1-22H. The van der Waals surface area contributed by atoms with Gasteiger partial charge < -0.3 is 9.47 Å². The van der Waals surface area contributed by atoms with Crippen LogP contribution in [0.5, 0.6) is 0 Å². The minimum absolute atomic E-state index is 0.878. The Morgan fingerprint density at radius 3 is 2.32 bits per heavy atom. The molecule has 0 saturated carbocycles. The molecule has 0 bridgehead atoms. The van der Waals surface area contributed by atoms with Gasteiger partial charge in [0.2, 0.25) is 0 Å². The van der Waals surface area contributed by atoms with E-state index in [-0.39, 0.29) is 0 Å². The smallest absolute Gasteiger partial charge is 0.137 e. The molecule has 0 radical (unpaired) electrons. The second-order valence-corrected chi connectivity index (χ2v) is 9.56. The molecule has 178 valence electrons. The van der Waals surface area contributed by atoms with E-state index in [2.05, 4.69) is 118 Å². The van der Waals surface area contributed by atoms with Gasteiger partial charge in [0.25, 0.3) is 0 Å². The number of benzene rings is 4. The first-order chi connectivity index (χ1) is 18.9. The Kier molecular flexibility index (Phi) is 4.49. The number of anilines is 2. The molecule has 0 fully saturated rings. The van der Waals surface area contributed by atoms with Crippen LogP contribution < -0.4 is 4.90 Å². The maximum absolute atomic E-state index is 4.83. The van der Waals surface area contributed by atoms with Crippen LogP contribution >= 0.6 is 0 Å². The third-order valence-corrected chi connectivity index (χ3v) is 7.43. The Bertz CT molecular complexity index is 2000. The molecule has 0 amide bonds. The van der Waals surface area contributed by atoms with Crippen molar-refractivity contribution in [1.29, 1.82) is 0 Å². The van der Waals surface area contributed by atoms with Gasteiger partial charge in [0.1, 0.15) is 5.82 Å². The van der Waals surface area contributed by atoms with Crippen LogP contribution in [0.1, 0.15) is 5.56 Å². The van der Waals surface area contributed by atoms with Gasteiger partial charge in [0, 0.05) is 51.4 Å². The number of nitrogens with zero attached hydrogens (tertiary/aromatic N) is 4. The number of hydrogen-bond acceptors (Lipinski definition) is 3. The average Bonchev–Trinajstić information content (AvgIpc) is 3.33. The van der Waals surface area contributed by atoms with Gasteiger partial charge in [0.15, 0.2) is 0 Å². The number of rotatable bonds is 3. The van der Waals surface area contributed by atoms with Gasteiger partial charge in [-0.1, -0.05) is 54.6 Å². The molecule has 1 aliphatic heterocycles. The van der Waals surface area contributed by atoms with Crippen molar-refractivity contribution in [3.63, 3.8) is 0 Å². The Morgan fingerprint density at radius 2 is 1.47 bits per heavy atom. The van der Waals surface area contributed by atoms with E-state index in [4.69, 9.17) is 4.98 Å². The first-order valence-electron chi connectivity index (χ1n) is 12.8. The van der Waals surface area contributed by atoms with Crippen LogP contribution in [-0.4, -0.2) is 14.5 Å². The third kappa shape index (κ3) is 3.04. The molecule has 8 rings (SSSR count). The lowest BCUT2D eigenvalue weighted by atomic mass is 9.96. The van der Waals surface area contributed by atoms with E-state index >= 15 is 0 Å². The zero-order valence-corrected chi connectivity index (χ0v) is 20.5. The van der Waals surface area contributed by atoms with Crippen molar-refractivity contribution in [2.75, 3.05) is 4.90 Å². The summed E-state index contributed by atoms with van der Waals surface area (Å²) in [6, 6.07) is 38.3. The van der Waals surface area contributed by atoms with Gasteiger partial charge >= 0.3 is 0 Å². The van der Waals surface area contributed by atoms with Crippen molar-refractivity contribution in [2.24, 2.45) is 0 Å². The molecule has 4 nitrogen and oxygen atoms in total. The summed E-state index contributed by atoms with van der Waals surface area (Å²) in [6.45, 7) is 0. The molecule has 0 N–H and O–H groups in total. The van der Waals surface area contributed by atoms with Crippen molar-refractivity contribution < 1.29 is 0 Å². The van der Waals surface area contributed by atoms with Gasteiger partial charge in [-0.2, -0.15) is 0 Å². The first-order valence-corrected chi connectivity index (χ1v) is 12.8. The summed E-state index contributed by atoms with van der Waals surface area (Å²) >= 11 is 0. The Balaban J connectivity index is 1.37. The molecule has 3 aromatic heterocycles. The molecule has 38 heavy (non-hydrogen) atoms. The number of hydrogen-bond donors (Lipinski definition) is 0. The molecule has 7 aromatic rings. The summed E-state index contributed by atoms with van der Waals surface area (Å²) in [5.74, 6) is 0.878. The molecule has 0 unspecified atom stereocenters. The fraction of sp³-hybridized carbons (Fsp3) is 0. The monoisotopic (exact) mass is 486 g/mol. The lowest BCUT2D eigenvalue weighted by Crippen LogP contribution is -2.13. The quantitative estimate of drug-likeness (QED) is 0.251. The first kappa shape index (κ1) is 20.9. The van der Waals surface area contributed by atoms with Crippen LogP contribution in [0.4, 0.5) is 11.5 Å². The summed E-state index contributed by atoms with van der Waals surface area (Å²) in [5.41, 5.74) is 7.88. The SMILES string of the molecule is C1=CN(c2ccc(-c3ccccn3)cn2)c2cccc3c2c1cc1c2ccccc2n(-c2ccccc2)c31. The van der Waals surface area contributed by atoms with E-state index in [0.717, 1.165) is 28.5 Å². The molecule has 4 aromatic carbocycles. The molecule has 0 atom stereocenters. The van der Waals surface area contributed by atoms with E-state index in [9.17, 15) is 0 Å². The summed E-state index contributed by atoms with van der Waals surface area (Å²) in [4.78, 5) is 11.5. The largest absolute Gasteiger partial charge is 0.309 e.